The van der Waals surface area contributed by atoms with Crippen LogP contribution in [0, 0.1) is 0 Å². The molecule has 2 heterocycles. The molecule has 166 valence electrons. The number of ether oxygens (including phenoxy) is 2. The molecule has 31 heavy (non-hydrogen) atoms. The topological polar surface area (TPSA) is 97.8 Å². The van der Waals surface area contributed by atoms with Crippen molar-refractivity contribution in [2.45, 2.75) is 52.2 Å². The van der Waals surface area contributed by atoms with Crippen LogP contribution in [0.15, 0.2) is 29.6 Å². The third-order valence-corrected chi connectivity index (χ3v) is 5.38. The zero-order chi connectivity index (χ0) is 22.6. The number of benzene rings is 1. The largest absolute Gasteiger partial charge is 0.466 e. The van der Waals surface area contributed by atoms with Crippen LogP contribution in [0.1, 0.15) is 50.6 Å². The molecule has 2 aromatic rings. The van der Waals surface area contributed by atoms with Crippen LogP contribution >= 0.6 is 11.3 Å². The number of hydrogen-bond donors (Lipinski definition) is 1. The van der Waals surface area contributed by atoms with Gasteiger partial charge in [-0.2, -0.15) is 0 Å². The number of aromatic nitrogens is 1. The molecule has 3 rings (SSSR count). The third kappa shape index (κ3) is 5.81. The van der Waals surface area contributed by atoms with Gasteiger partial charge in [-0.1, -0.05) is 24.3 Å². The Balaban J connectivity index is 1.81. The van der Waals surface area contributed by atoms with Crippen LogP contribution in [0.2, 0.25) is 0 Å². The molecule has 1 aromatic heterocycles. The fourth-order valence-electron chi connectivity index (χ4n) is 3.35. The highest BCUT2D eigenvalue weighted by Gasteiger charge is 2.38. The number of carbonyl (C=O) groups is 3. The second kappa shape index (κ2) is 9.47. The van der Waals surface area contributed by atoms with Gasteiger partial charge < -0.3 is 9.47 Å². The third-order valence-electron chi connectivity index (χ3n) is 4.57. The van der Waals surface area contributed by atoms with E-state index in [4.69, 9.17) is 9.47 Å². The highest BCUT2D eigenvalue weighted by molar-refractivity contribution is 7.13. The van der Waals surface area contributed by atoms with Gasteiger partial charge in [0.2, 0.25) is 0 Å². The number of fused-ring (bicyclic) bond motifs is 1. The molecule has 1 N–H and O–H groups in total. The number of hydrogen-bond acceptors (Lipinski definition) is 7. The molecular weight excluding hydrogens is 418 g/mol. The predicted molar refractivity (Wildman–Crippen MR) is 117 cm³/mol. The summed E-state index contributed by atoms with van der Waals surface area (Å²) in [7, 11) is 0. The Kier molecular flexibility index (Phi) is 6.94. The maximum Gasteiger partial charge on any atom is 0.411 e. The van der Waals surface area contributed by atoms with Crippen LogP contribution in [0.25, 0.3) is 0 Å². The molecule has 0 aliphatic carbocycles. The number of esters is 1. The lowest BCUT2D eigenvalue weighted by molar-refractivity contribution is -0.142. The molecule has 1 aromatic carbocycles. The normalized spacial score (nSPS) is 15.7. The van der Waals surface area contributed by atoms with E-state index in [1.165, 1.54) is 16.2 Å². The average molecular weight is 446 g/mol. The lowest BCUT2D eigenvalue weighted by Crippen LogP contribution is -2.47. The summed E-state index contributed by atoms with van der Waals surface area (Å²) in [4.78, 5) is 43.5. The average Bonchev–Trinajstić information content (AvgIpc) is 3.12. The van der Waals surface area contributed by atoms with E-state index in [2.05, 4.69) is 10.3 Å². The number of amides is 2. The second-order valence-electron chi connectivity index (χ2n) is 8.14. The van der Waals surface area contributed by atoms with E-state index in [0.29, 0.717) is 30.4 Å². The van der Waals surface area contributed by atoms with E-state index in [1.807, 2.05) is 24.3 Å². The van der Waals surface area contributed by atoms with Crippen LogP contribution in [-0.4, -0.2) is 46.6 Å². The molecule has 1 aliphatic heterocycles. The fraction of sp³-hybridized carbons (Fsp3) is 0.455. The van der Waals surface area contributed by atoms with Gasteiger partial charge in [0.1, 0.15) is 11.6 Å². The minimum absolute atomic E-state index is 0.0382. The van der Waals surface area contributed by atoms with Crippen LogP contribution in [0.5, 0.6) is 0 Å². The van der Waals surface area contributed by atoms with Crippen molar-refractivity contribution in [3.05, 3.63) is 46.5 Å². The summed E-state index contributed by atoms with van der Waals surface area (Å²) in [5, 5.41) is 4.85. The number of carbonyl (C=O) groups excluding carboxylic acids is 3. The first-order chi connectivity index (χ1) is 14.7. The summed E-state index contributed by atoms with van der Waals surface area (Å²) in [6.07, 6.45) is 0.140. The van der Waals surface area contributed by atoms with Crippen LogP contribution in [0.4, 0.5) is 9.93 Å². The Hall–Kier alpha value is -2.94. The number of thiazole rings is 1. The Labute approximate surface area is 185 Å². The van der Waals surface area contributed by atoms with Gasteiger partial charge in [-0.3, -0.25) is 19.8 Å². The molecule has 0 unspecified atom stereocenters. The highest BCUT2D eigenvalue weighted by atomic mass is 32.1. The minimum atomic E-state index is -0.836. The number of nitrogens with one attached hydrogen (secondary N) is 1. The van der Waals surface area contributed by atoms with Gasteiger partial charge in [-0.05, 0) is 45.2 Å². The SMILES string of the molecule is CCOC(=O)Cc1csc(NC(=O)[C@@H]2c3ccccc3CCN2C(=O)OC(C)(C)C)n1. The van der Waals surface area contributed by atoms with Gasteiger partial charge in [-0.25, -0.2) is 9.78 Å². The molecule has 1 aliphatic rings. The quantitative estimate of drug-likeness (QED) is 0.705. The van der Waals surface area contributed by atoms with Crippen molar-refractivity contribution >= 4 is 34.4 Å². The van der Waals surface area contributed by atoms with Gasteiger partial charge in [0.05, 0.1) is 18.7 Å². The zero-order valence-corrected chi connectivity index (χ0v) is 19.0. The van der Waals surface area contributed by atoms with Crippen molar-refractivity contribution < 1.29 is 23.9 Å². The molecular formula is C22H27N3O5S. The molecule has 0 saturated heterocycles. The van der Waals surface area contributed by atoms with E-state index >= 15 is 0 Å². The summed E-state index contributed by atoms with van der Waals surface area (Å²) in [5.74, 6) is -0.752. The molecule has 0 fully saturated rings. The van der Waals surface area contributed by atoms with E-state index in [1.54, 1.807) is 33.1 Å². The smallest absolute Gasteiger partial charge is 0.411 e. The number of anilines is 1. The van der Waals surface area contributed by atoms with Gasteiger partial charge in [-0.15, -0.1) is 11.3 Å². The molecule has 0 radical (unpaired) electrons. The first-order valence-corrected chi connectivity index (χ1v) is 11.0. The van der Waals surface area contributed by atoms with Crippen LogP contribution in [0.3, 0.4) is 0 Å². The maximum absolute atomic E-state index is 13.3. The first-order valence-electron chi connectivity index (χ1n) is 10.2. The Morgan fingerprint density at radius 1 is 1.26 bits per heavy atom. The molecule has 8 nitrogen and oxygen atoms in total. The van der Waals surface area contributed by atoms with E-state index in [9.17, 15) is 14.4 Å². The van der Waals surface area contributed by atoms with Crippen LogP contribution < -0.4 is 5.32 Å². The van der Waals surface area contributed by atoms with E-state index < -0.39 is 17.7 Å². The van der Waals surface area contributed by atoms with Crippen molar-refractivity contribution in [2.24, 2.45) is 0 Å². The number of nitrogens with zero attached hydrogens (tertiary/aromatic N) is 2. The Morgan fingerprint density at radius 2 is 2.00 bits per heavy atom. The van der Waals surface area contributed by atoms with Gasteiger partial charge in [0, 0.05) is 11.9 Å². The lowest BCUT2D eigenvalue weighted by Gasteiger charge is -2.37. The van der Waals surface area contributed by atoms with Gasteiger partial charge in [0.25, 0.3) is 5.91 Å². The molecule has 9 heteroatoms. The maximum atomic E-state index is 13.3. The van der Waals surface area contributed by atoms with Crippen molar-refractivity contribution in [3.63, 3.8) is 0 Å². The highest BCUT2D eigenvalue weighted by Crippen LogP contribution is 2.32. The summed E-state index contributed by atoms with van der Waals surface area (Å²) >= 11 is 1.22. The monoisotopic (exact) mass is 445 g/mol. The van der Waals surface area contributed by atoms with E-state index in [-0.39, 0.29) is 18.3 Å². The molecule has 2 amide bonds. The number of rotatable bonds is 5. The molecule has 0 saturated carbocycles. The molecule has 0 spiro atoms. The van der Waals surface area contributed by atoms with Crippen LogP contribution in [-0.2, 0) is 31.9 Å². The van der Waals surface area contributed by atoms with Crippen molar-refractivity contribution in [2.75, 3.05) is 18.5 Å². The summed E-state index contributed by atoms with van der Waals surface area (Å²) in [6, 6.07) is 6.74. The second-order valence-corrected chi connectivity index (χ2v) is 9.00. The summed E-state index contributed by atoms with van der Waals surface area (Å²) in [5.41, 5.74) is 1.63. The van der Waals surface area contributed by atoms with Gasteiger partial charge >= 0.3 is 12.1 Å². The van der Waals surface area contributed by atoms with Crippen molar-refractivity contribution in [1.29, 1.82) is 0 Å². The fourth-order valence-corrected chi connectivity index (χ4v) is 4.06. The minimum Gasteiger partial charge on any atom is -0.466 e. The Morgan fingerprint density at radius 3 is 2.71 bits per heavy atom. The van der Waals surface area contributed by atoms with Crippen molar-refractivity contribution in [3.8, 4) is 0 Å². The van der Waals surface area contributed by atoms with E-state index in [0.717, 1.165) is 11.1 Å². The van der Waals surface area contributed by atoms with Crippen molar-refractivity contribution in [1.82, 2.24) is 9.88 Å². The predicted octanol–water partition coefficient (Wildman–Crippen LogP) is 3.72. The summed E-state index contributed by atoms with van der Waals surface area (Å²) in [6.45, 7) is 7.78. The first kappa shape index (κ1) is 22.7. The molecule has 1 atom stereocenters. The lowest BCUT2D eigenvalue weighted by atomic mass is 9.92. The zero-order valence-electron chi connectivity index (χ0n) is 18.1. The molecule has 0 bridgehead atoms. The van der Waals surface area contributed by atoms with Gasteiger partial charge in [0.15, 0.2) is 5.13 Å². The summed E-state index contributed by atoms with van der Waals surface area (Å²) < 4.78 is 10.5. The Bertz CT molecular complexity index is 966. The standard InChI is InChI=1S/C22H27N3O5S/c1-5-29-17(26)12-15-13-31-20(23-15)24-19(27)18-16-9-7-6-8-14(16)10-11-25(18)21(28)30-22(2,3)4/h6-9,13,18H,5,10-12H2,1-4H3,(H,23,24,27)/t18-/m0/s1.